The first-order valence-electron chi connectivity index (χ1n) is 12.1. The Kier molecular flexibility index (Phi) is 6.35. The summed E-state index contributed by atoms with van der Waals surface area (Å²) in [5.41, 5.74) is 1.76. The number of nitrogens with zero attached hydrogens (tertiary/aromatic N) is 4. The van der Waals surface area contributed by atoms with E-state index in [1.807, 2.05) is 23.1 Å². The number of ether oxygens (including phenoxy) is 1. The Balaban J connectivity index is 1.08. The van der Waals surface area contributed by atoms with Crippen LogP contribution in [0.5, 0.6) is 5.75 Å². The van der Waals surface area contributed by atoms with Crippen molar-refractivity contribution < 1.29 is 14.1 Å². The van der Waals surface area contributed by atoms with Gasteiger partial charge in [-0.1, -0.05) is 5.16 Å². The fourth-order valence-electron chi connectivity index (χ4n) is 5.00. The summed E-state index contributed by atoms with van der Waals surface area (Å²) in [5, 5.41) is 4.03. The number of likely N-dealkylation sites (tertiary alicyclic amines) is 1. The third-order valence-electron chi connectivity index (χ3n) is 7.17. The number of amides is 1. The molecule has 0 N–H and O–H groups in total. The van der Waals surface area contributed by atoms with Gasteiger partial charge < -0.3 is 24.0 Å². The number of hydrogen-bond acceptors (Lipinski definition) is 6. The molecule has 7 heteroatoms. The first kappa shape index (κ1) is 21.3. The van der Waals surface area contributed by atoms with Crippen LogP contribution in [0.2, 0.25) is 0 Å². The van der Waals surface area contributed by atoms with E-state index < -0.39 is 0 Å². The topological polar surface area (TPSA) is 62.1 Å². The highest BCUT2D eigenvalue weighted by molar-refractivity contribution is 5.92. The Hall–Kier alpha value is -2.54. The lowest BCUT2D eigenvalue weighted by Crippen LogP contribution is -2.42. The van der Waals surface area contributed by atoms with E-state index in [0.717, 1.165) is 83.0 Å². The lowest BCUT2D eigenvalue weighted by atomic mass is 9.96. The summed E-state index contributed by atoms with van der Waals surface area (Å²) in [7, 11) is 1.71. The Labute approximate surface area is 190 Å². The summed E-state index contributed by atoms with van der Waals surface area (Å²) in [6, 6.07) is 10.3. The van der Waals surface area contributed by atoms with Crippen molar-refractivity contribution in [1.29, 1.82) is 0 Å². The van der Waals surface area contributed by atoms with Crippen LogP contribution in [0.15, 0.2) is 34.9 Å². The van der Waals surface area contributed by atoms with Gasteiger partial charge in [-0.25, -0.2) is 0 Å². The second kappa shape index (κ2) is 9.53. The maximum Gasteiger partial charge on any atom is 0.276 e. The lowest BCUT2D eigenvalue weighted by molar-refractivity contribution is 0.0658. The first-order chi connectivity index (χ1) is 15.7. The van der Waals surface area contributed by atoms with Crippen molar-refractivity contribution in [3.8, 4) is 5.75 Å². The Morgan fingerprint density at radius 3 is 2.53 bits per heavy atom. The molecule has 1 aromatic carbocycles. The van der Waals surface area contributed by atoms with Crippen molar-refractivity contribution in [2.45, 2.75) is 38.0 Å². The minimum Gasteiger partial charge on any atom is -0.497 e. The first-order valence-corrected chi connectivity index (χ1v) is 12.1. The van der Waals surface area contributed by atoms with Crippen molar-refractivity contribution in [3.05, 3.63) is 41.8 Å². The molecule has 1 aliphatic carbocycles. The standard InChI is InChI=1S/C25H34N4O3/c1-31-22-7-5-21(6-8-22)28-12-2-11-27(15-16-28)18-19-9-13-29(14-10-19)25(30)23-17-24(32-26-23)20-3-4-20/h5-8,17,19-20H,2-4,9-16,18H2,1H3. The molecule has 5 rings (SSSR count). The van der Waals surface area contributed by atoms with Gasteiger partial charge in [0.15, 0.2) is 5.69 Å². The fraction of sp³-hybridized carbons (Fsp3) is 0.600. The largest absolute Gasteiger partial charge is 0.497 e. The molecule has 1 aromatic heterocycles. The van der Waals surface area contributed by atoms with Gasteiger partial charge in [0.25, 0.3) is 5.91 Å². The molecule has 2 aromatic rings. The van der Waals surface area contributed by atoms with Gasteiger partial charge >= 0.3 is 0 Å². The van der Waals surface area contributed by atoms with Crippen molar-refractivity contribution in [2.75, 3.05) is 57.8 Å². The molecule has 0 atom stereocenters. The molecule has 1 amide bonds. The molecular formula is C25H34N4O3. The number of anilines is 1. The second-order valence-corrected chi connectivity index (χ2v) is 9.46. The molecule has 32 heavy (non-hydrogen) atoms. The van der Waals surface area contributed by atoms with Crippen molar-refractivity contribution >= 4 is 11.6 Å². The molecule has 1 saturated carbocycles. The van der Waals surface area contributed by atoms with Gasteiger partial charge in [0.05, 0.1) is 7.11 Å². The van der Waals surface area contributed by atoms with Crippen LogP contribution in [-0.4, -0.2) is 73.8 Å². The zero-order valence-corrected chi connectivity index (χ0v) is 19.0. The molecule has 7 nitrogen and oxygen atoms in total. The van der Waals surface area contributed by atoms with Gasteiger partial charge in [-0.05, 0) is 68.8 Å². The van der Waals surface area contributed by atoms with Crippen molar-refractivity contribution in [3.63, 3.8) is 0 Å². The van der Waals surface area contributed by atoms with Crippen LogP contribution in [-0.2, 0) is 0 Å². The van der Waals surface area contributed by atoms with Crippen molar-refractivity contribution in [1.82, 2.24) is 15.0 Å². The van der Waals surface area contributed by atoms with Crippen LogP contribution in [0, 0.1) is 5.92 Å². The highest BCUT2D eigenvalue weighted by Gasteiger charge is 2.31. The summed E-state index contributed by atoms with van der Waals surface area (Å²) >= 11 is 0. The van der Waals surface area contributed by atoms with E-state index in [9.17, 15) is 4.79 Å². The number of rotatable bonds is 6. The molecule has 0 radical (unpaired) electrons. The van der Waals surface area contributed by atoms with E-state index in [2.05, 4.69) is 27.1 Å². The third kappa shape index (κ3) is 4.93. The maximum absolute atomic E-state index is 12.8. The number of carbonyl (C=O) groups is 1. The summed E-state index contributed by atoms with van der Waals surface area (Å²) in [6.07, 6.45) is 5.62. The Morgan fingerprint density at radius 2 is 1.81 bits per heavy atom. The SMILES string of the molecule is COc1ccc(N2CCCN(CC3CCN(C(=O)c4cc(C5CC5)on4)CC3)CC2)cc1. The zero-order chi connectivity index (χ0) is 21.9. The molecule has 2 saturated heterocycles. The number of benzene rings is 1. The Morgan fingerprint density at radius 1 is 1.03 bits per heavy atom. The van der Waals surface area contributed by atoms with Crippen LogP contribution < -0.4 is 9.64 Å². The molecule has 0 unspecified atom stereocenters. The summed E-state index contributed by atoms with van der Waals surface area (Å²) in [4.78, 5) is 19.8. The maximum atomic E-state index is 12.8. The average Bonchev–Trinajstić information content (AvgIpc) is 3.61. The fourth-order valence-corrected chi connectivity index (χ4v) is 5.00. The molecule has 0 spiro atoms. The van der Waals surface area contributed by atoms with Gasteiger partial charge in [-0.15, -0.1) is 0 Å². The van der Waals surface area contributed by atoms with Gasteiger partial charge in [0.1, 0.15) is 11.5 Å². The summed E-state index contributed by atoms with van der Waals surface area (Å²) < 4.78 is 10.7. The van der Waals surface area contributed by atoms with Crippen LogP contribution in [0.3, 0.4) is 0 Å². The predicted molar refractivity (Wildman–Crippen MR) is 123 cm³/mol. The normalized spacial score (nSPS) is 20.9. The number of methoxy groups -OCH3 is 1. The minimum absolute atomic E-state index is 0.0315. The molecule has 172 valence electrons. The van der Waals surface area contributed by atoms with Crippen molar-refractivity contribution in [2.24, 2.45) is 5.92 Å². The van der Waals surface area contributed by atoms with Crippen LogP contribution in [0.4, 0.5) is 5.69 Å². The second-order valence-electron chi connectivity index (χ2n) is 9.46. The molecule has 3 heterocycles. The minimum atomic E-state index is 0.0315. The predicted octanol–water partition coefficient (Wildman–Crippen LogP) is 3.63. The molecular weight excluding hydrogens is 404 g/mol. The van der Waals surface area contributed by atoms with Gasteiger partial charge in [-0.2, -0.15) is 0 Å². The van der Waals surface area contributed by atoms with Crippen LogP contribution >= 0.6 is 0 Å². The number of hydrogen-bond donors (Lipinski definition) is 0. The highest BCUT2D eigenvalue weighted by atomic mass is 16.5. The number of aromatic nitrogens is 1. The van der Waals surface area contributed by atoms with Gasteiger partial charge in [0, 0.05) is 56.9 Å². The van der Waals surface area contributed by atoms with E-state index in [1.54, 1.807) is 7.11 Å². The molecule has 0 bridgehead atoms. The van der Waals surface area contributed by atoms with E-state index in [1.165, 1.54) is 12.1 Å². The molecule has 2 aliphatic heterocycles. The zero-order valence-electron chi connectivity index (χ0n) is 19.0. The smallest absolute Gasteiger partial charge is 0.276 e. The molecule has 3 aliphatic rings. The highest BCUT2D eigenvalue weighted by Crippen LogP contribution is 2.40. The van der Waals surface area contributed by atoms with Gasteiger partial charge in [-0.3, -0.25) is 4.79 Å². The van der Waals surface area contributed by atoms with Crippen LogP contribution in [0.1, 0.15) is 54.3 Å². The lowest BCUT2D eigenvalue weighted by Gasteiger charge is -2.34. The van der Waals surface area contributed by atoms with Crippen LogP contribution in [0.25, 0.3) is 0 Å². The summed E-state index contributed by atoms with van der Waals surface area (Å²) in [5.74, 6) is 2.97. The quantitative estimate of drug-likeness (QED) is 0.686. The monoisotopic (exact) mass is 438 g/mol. The Bertz CT molecular complexity index is 900. The average molecular weight is 439 g/mol. The molecule has 3 fully saturated rings. The van der Waals surface area contributed by atoms with Gasteiger partial charge in [0.2, 0.25) is 0 Å². The number of carbonyl (C=O) groups excluding carboxylic acids is 1. The van der Waals surface area contributed by atoms with E-state index in [-0.39, 0.29) is 5.91 Å². The van der Waals surface area contributed by atoms with E-state index in [0.29, 0.717) is 17.5 Å². The third-order valence-corrected chi connectivity index (χ3v) is 7.17. The number of piperidine rings is 1. The summed E-state index contributed by atoms with van der Waals surface area (Å²) in [6.45, 7) is 7.16. The van der Waals surface area contributed by atoms with E-state index >= 15 is 0 Å². The van der Waals surface area contributed by atoms with E-state index in [4.69, 9.17) is 9.26 Å².